The van der Waals surface area contributed by atoms with Crippen LogP contribution in [0.25, 0.3) is 0 Å². The summed E-state index contributed by atoms with van der Waals surface area (Å²) in [6, 6.07) is 9.51. The van der Waals surface area contributed by atoms with E-state index in [9.17, 15) is 29.3 Å². The van der Waals surface area contributed by atoms with Crippen molar-refractivity contribution >= 4 is 35.1 Å². The molecule has 0 radical (unpaired) electrons. The molecule has 2 heterocycles. The van der Waals surface area contributed by atoms with Crippen molar-refractivity contribution in [3.8, 4) is 0 Å². The van der Waals surface area contributed by atoms with Crippen molar-refractivity contribution in [2.75, 3.05) is 5.32 Å². The first kappa shape index (κ1) is 21.0. The van der Waals surface area contributed by atoms with Gasteiger partial charge in [-0.1, -0.05) is 18.2 Å². The molecule has 32 heavy (non-hydrogen) atoms. The van der Waals surface area contributed by atoms with Gasteiger partial charge in [-0.3, -0.25) is 29.8 Å². The van der Waals surface area contributed by atoms with Crippen LogP contribution in [0, 0.1) is 10.1 Å². The third kappa shape index (κ3) is 4.26. The fourth-order valence-electron chi connectivity index (χ4n) is 3.79. The molecule has 0 aliphatic carbocycles. The number of carbonyl (C=O) groups is 4. The Balaban J connectivity index is 1.37. The van der Waals surface area contributed by atoms with Gasteiger partial charge in [0, 0.05) is 42.9 Å². The van der Waals surface area contributed by atoms with Crippen LogP contribution in [0.4, 0.5) is 16.2 Å². The summed E-state index contributed by atoms with van der Waals surface area (Å²) in [5.74, 6) is -1.08. The van der Waals surface area contributed by atoms with Crippen LogP contribution in [0.15, 0.2) is 42.5 Å². The maximum atomic E-state index is 12.7. The van der Waals surface area contributed by atoms with E-state index in [0.717, 1.165) is 11.1 Å². The molecule has 11 nitrogen and oxygen atoms in total. The number of rotatable bonds is 5. The zero-order chi connectivity index (χ0) is 22.8. The van der Waals surface area contributed by atoms with Crippen LogP contribution in [-0.4, -0.2) is 39.6 Å². The van der Waals surface area contributed by atoms with Crippen molar-refractivity contribution in [2.24, 2.45) is 0 Å². The largest absolute Gasteiger partial charge is 0.334 e. The second kappa shape index (κ2) is 8.46. The van der Waals surface area contributed by atoms with E-state index in [2.05, 4.69) is 16.0 Å². The highest BCUT2D eigenvalue weighted by Gasteiger charge is 2.39. The Labute approximate surface area is 181 Å². The Morgan fingerprint density at radius 1 is 1.19 bits per heavy atom. The highest BCUT2D eigenvalue weighted by molar-refractivity contribution is 6.05. The van der Waals surface area contributed by atoms with Crippen molar-refractivity contribution in [3.05, 3.63) is 69.3 Å². The topological polar surface area (TPSA) is 151 Å². The van der Waals surface area contributed by atoms with E-state index in [1.54, 1.807) is 18.2 Å². The molecule has 2 aliphatic rings. The quantitative estimate of drug-likeness (QED) is 0.368. The predicted octanol–water partition coefficient (Wildman–Crippen LogP) is 1.68. The molecule has 1 unspecified atom stereocenters. The number of nitrogens with zero attached hydrogens (tertiary/aromatic N) is 2. The molecule has 0 aromatic heterocycles. The molecule has 0 saturated carbocycles. The van der Waals surface area contributed by atoms with Gasteiger partial charge in [-0.15, -0.1) is 0 Å². The molecule has 0 bridgehead atoms. The van der Waals surface area contributed by atoms with Crippen LogP contribution in [-0.2, 0) is 22.7 Å². The first-order valence-corrected chi connectivity index (χ1v) is 9.87. The van der Waals surface area contributed by atoms with E-state index >= 15 is 0 Å². The van der Waals surface area contributed by atoms with Gasteiger partial charge in [0.25, 0.3) is 11.6 Å². The molecule has 5 amide bonds. The van der Waals surface area contributed by atoms with Gasteiger partial charge >= 0.3 is 6.03 Å². The molecule has 1 atom stereocenters. The number of nitrogens with one attached hydrogen (secondary N) is 3. The number of nitro groups is 1. The summed E-state index contributed by atoms with van der Waals surface area (Å²) in [5, 5.41) is 18.3. The highest BCUT2D eigenvalue weighted by atomic mass is 16.6. The van der Waals surface area contributed by atoms with Gasteiger partial charge < -0.3 is 15.5 Å². The number of non-ortho nitro benzene ring substituents is 1. The van der Waals surface area contributed by atoms with Crippen molar-refractivity contribution < 1.29 is 24.1 Å². The molecular weight excluding hydrogens is 418 g/mol. The zero-order valence-corrected chi connectivity index (χ0v) is 16.8. The van der Waals surface area contributed by atoms with E-state index in [-0.39, 0.29) is 49.1 Å². The lowest BCUT2D eigenvalue weighted by Crippen LogP contribution is -2.52. The molecule has 3 N–H and O–H groups in total. The molecule has 2 aromatic carbocycles. The van der Waals surface area contributed by atoms with Gasteiger partial charge in [-0.25, -0.2) is 4.79 Å². The molecule has 2 aliphatic heterocycles. The van der Waals surface area contributed by atoms with Gasteiger partial charge in [0.05, 0.1) is 4.92 Å². The van der Waals surface area contributed by atoms with Gasteiger partial charge in [0.2, 0.25) is 11.8 Å². The van der Waals surface area contributed by atoms with Crippen LogP contribution in [0.5, 0.6) is 0 Å². The number of imide groups is 1. The lowest BCUT2D eigenvalue weighted by atomic mass is 10.0. The molecule has 0 spiro atoms. The molecule has 2 aromatic rings. The summed E-state index contributed by atoms with van der Waals surface area (Å²) < 4.78 is 0. The number of hydrogen-bond donors (Lipinski definition) is 3. The van der Waals surface area contributed by atoms with E-state index in [1.807, 2.05) is 0 Å². The molecule has 11 heteroatoms. The van der Waals surface area contributed by atoms with Crippen LogP contribution >= 0.6 is 0 Å². The summed E-state index contributed by atoms with van der Waals surface area (Å²) in [6.45, 7) is 0.412. The highest BCUT2D eigenvalue weighted by Crippen LogP contribution is 2.28. The lowest BCUT2D eigenvalue weighted by molar-refractivity contribution is -0.384. The first-order valence-electron chi connectivity index (χ1n) is 9.87. The van der Waals surface area contributed by atoms with Gasteiger partial charge in [-0.05, 0) is 29.7 Å². The maximum Gasteiger partial charge on any atom is 0.319 e. The Morgan fingerprint density at radius 2 is 2.00 bits per heavy atom. The third-order valence-electron chi connectivity index (χ3n) is 5.36. The normalized spacial score (nSPS) is 17.6. The van der Waals surface area contributed by atoms with Crippen LogP contribution in [0.3, 0.4) is 0 Å². The minimum atomic E-state index is -0.685. The summed E-state index contributed by atoms with van der Waals surface area (Å²) in [5.41, 5.74) is 2.12. The average Bonchev–Trinajstić information content (AvgIpc) is 3.08. The van der Waals surface area contributed by atoms with Crippen LogP contribution in [0.1, 0.15) is 34.3 Å². The Morgan fingerprint density at radius 3 is 2.75 bits per heavy atom. The number of benzene rings is 2. The summed E-state index contributed by atoms with van der Waals surface area (Å²) in [7, 11) is 0. The number of fused-ring (bicyclic) bond motifs is 1. The predicted molar refractivity (Wildman–Crippen MR) is 111 cm³/mol. The SMILES string of the molecule is O=C1CCC(N2Cc3cc(CNC(=O)Nc4cccc([N+](=O)[O-])c4)ccc3C2=O)C(=O)N1. The van der Waals surface area contributed by atoms with Crippen molar-refractivity contribution in [1.82, 2.24) is 15.5 Å². The zero-order valence-electron chi connectivity index (χ0n) is 16.8. The van der Waals surface area contributed by atoms with Crippen molar-refractivity contribution in [1.29, 1.82) is 0 Å². The molecule has 4 rings (SSSR count). The van der Waals surface area contributed by atoms with Crippen molar-refractivity contribution in [3.63, 3.8) is 0 Å². The van der Waals surface area contributed by atoms with E-state index in [0.29, 0.717) is 5.56 Å². The van der Waals surface area contributed by atoms with Crippen LogP contribution in [0.2, 0.25) is 0 Å². The van der Waals surface area contributed by atoms with E-state index in [4.69, 9.17) is 0 Å². The van der Waals surface area contributed by atoms with E-state index < -0.39 is 22.9 Å². The second-order valence-corrected chi connectivity index (χ2v) is 7.51. The van der Waals surface area contributed by atoms with Gasteiger partial charge in [-0.2, -0.15) is 0 Å². The smallest absolute Gasteiger partial charge is 0.319 e. The number of carbonyl (C=O) groups excluding carboxylic acids is 4. The fraction of sp³-hybridized carbons (Fsp3) is 0.238. The molecule has 1 saturated heterocycles. The maximum absolute atomic E-state index is 12.7. The standard InChI is InChI=1S/C21H19N5O6/c27-18-7-6-17(19(28)24-18)25-11-13-8-12(4-5-16(13)20(25)29)10-22-21(30)23-14-2-1-3-15(9-14)26(31)32/h1-5,8-9,17H,6-7,10-11H2,(H2,22,23,30)(H,24,27,28). The molecule has 164 valence electrons. The van der Waals surface area contributed by atoms with Gasteiger partial charge in [0.1, 0.15) is 6.04 Å². The number of nitro benzene ring substituents is 1. The molecule has 1 fully saturated rings. The fourth-order valence-corrected chi connectivity index (χ4v) is 3.79. The second-order valence-electron chi connectivity index (χ2n) is 7.51. The summed E-state index contributed by atoms with van der Waals surface area (Å²) in [4.78, 5) is 60.1. The van der Waals surface area contributed by atoms with Gasteiger partial charge in [0.15, 0.2) is 0 Å². The third-order valence-corrected chi connectivity index (χ3v) is 5.36. The number of hydrogen-bond acceptors (Lipinski definition) is 6. The van der Waals surface area contributed by atoms with E-state index in [1.165, 1.54) is 29.2 Å². The van der Waals surface area contributed by atoms with Crippen molar-refractivity contribution in [2.45, 2.75) is 32.0 Å². The Bertz CT molecular complexity index is 1150. The Kier molecular flexibility index (Phi) is 5.54. The first-order chi connectivity index (χ1) is 15.3. The minimum absolute atomic E-state index is 0.133. The monoisotopic (exact) mass is 437 g/mol. The van der Waals surface area contributed by atoms with Crippen LogP contribution < -0.4 is 16.0 Å². The number of piperidine rings is 1. The molecular formula is C21H19N5O6. The lowest BCUT2D eigenvalue weighted by Gasteiger charge is -2.29. The summed E-state index contributed by atoms with van der Waals surface area (Å²) in [6.07, 6.45) is 0.474. The Hall–Kier alpha value is -4.28. The average molecular weight is 437 g/mol. The number of amides is 5. The number of urea groups is 1. The summed E-state index contributed by atoms with van der Waals surface area (Å²) >= 11 is 0. The number of anilines is 1. The minimum Gasteiger partial charge on any atom is -0.334 e.